The van der Waals surface area contributed by atoms with E-state index >= 15 is 0 Å². The van der Waals surface area contributed by atoms with E-state index in [4.69, 9.17) is 18.0 Å². The zero-order chi connectivity index (χ0) is 14.3. The van der Waals surface area contributed by atoms with Crippen LogP contribution in [-0.2, 0) is 0 Å². The van der Waals surface area contributed by atoms with Gasteiger partial charge in [-0.25, -0.2) is 4.68 Å². The Balaban J connectivity index is 2.37. The number of hydrogen-bond acceptors (Lipinski definition) is 3. The largest absolute Gasteiger partial charge is 0.389 e. The highest BCUT2D eigenvalue weighted by molar-refractivity contribution is 7.80. The molecule has 0 radical (unpaired) electrons. The number of nitrogens with two attached hydrogens (primary N) is 1. The summed E-state index contributed by atoms with van der Waals surface area (Å²) in [6.45, 7) is 3.86. The maximum absolute atomic E-state index is 5.87. The van der Waals surface area contributed by atoms with Gasteiger partial charge >= 0.3 is 0 Å². The molecule has 3 aromatic rings. The van der Waals surface area contributed by atoms with Crippen LogP contribution >= 0.6 is 12.2 Å². The zero-order valence-electron chi connectivity index (χ0n) is 11.3. The van der Waals surface area contributed by atoms with E-state index in [9.17, 15) is 0 Å². The maximum Gasteiger partial charge on any atom is 0.108 e. The molecule has 20 heavy (non-hydrogen) atoms. The number of benzene rings is 1. The van der Waals surface area contributed by atoms with E-state index in [2.05, 4.69) is 10.1 Å². The number of rotatable bonds is 2. The molecule has 0 saturated heterocycles. The second-order valence-electron chi connectivity index (χ2n) is 4.72. The number of aryl methyl sites for hydroxylation is 2. The number of fused-ring (bicyclic) bond motifs is 1. The number of nitrogens with zero attached hydrogens (tertiary/aromatic N) is 3. The summed E-state index contributed by atoms with van der Waals surface area (Å²) in [4.78, 5) is 4.77. The summed E-state index contributed by atoms with van der Waals surface area (Å²) < 4.78 is 1.87. The molecule has 2 heterocycles. The molecule has 100 valence electrons. The third-order valence-electron chi connectivity index (χ3n) is 3.26. The van der Waals surface area contributed by atoms with Gasteiger partial charge in [0.1, 0.15) is 4.99 Å². The van der Waals surface area contributed by atoms with E-state index in [1.807, 2.05) is 55.1 Å². The van der Waals surface area contributed by atoms with Crippen molar-refractivity contribution < 1.29 is 0 Å². The van der Waals surface area contributed by atoms with Crippen LogP contribution in [-0.4, -0.2) is 19.8 Å². The van der Waals surface area contributed by atoms with E-state index in [0.717, 1.165) is 33.5 Å². The van der Waals surface area contributed by atoms with Crippen LogP contribution in [0.15, 0.2) is 36.5 Å². The molecule has 4 nitrogen and oxygen atoms in total. The molecule has 0 aliphatic heterocycles. The van der Waals surface area contributed by atoms with E-state index in [0.29, 0.717) is 4.99 Å². The van der Waals surface area contributed by atoms with E-state index in [1.165, 1.54) is 0 Å². The lowest BCUT2D eigenvalue weighted by Gasteiger charge is -2.13. The number of aromatic nitrogens is 3. The lowest BCUT2D eigenvalue weighted by Crippen LogP contribution is -2.17. The molecule has 0 amide bonds. The van der Waals surface area contributed by atoms with E-state index in [-0.39, 0.29) is 0 Å². The molecule has 0 fully saturated rings. The number of pyridine rings is 1. The Morgan fingerprint density at radius 2 is 2.00 bits per heavy atom. The second-order valence-corrected chi connectivity index (χ2v) is 5.16. The van der Waals surface area contributed by atoms with Gasteiger partial charge in [-0.1, -0.05) is 30.4 Å². The van der Waals surface area contributed by atoms with E-state index in [1.54, 1.807) is 0 Å². The summed E-state index contributed by atoms with van der Waals surface area (Å²) in [5, 5.41) is 5.54. The fourth-order valence-electron chi connectivity index (χ4n) is 2.44. The lowest BCUT2D eigenvalue weighted by atomic mass is 10.1. The van der Waals surface area contributed by atoms with Gasteiger partial charge in [-0.05, 0) is 26.0 Å². The first-order valence-corrected chi connectivity index (χ1v) is 6.70. The summed E-state index contributed by atoms with van der Waals surface area (Å²) in [6.07, 6.45) is 1.84. The van der Waals surface area contributed by atoms with Crippen LogP contribution in [0, 0.1) is 13.8 Å². The highest BCUT2D eigenvalue weighted by Crippen LogP contribution is 2.23. The number of para-hydroxylation sites is 1. The van der Waals surface area contributed by atoms with Crippen LogP contribution < -0.4 is 5.73 Å². The second kappa shape index (κ2) is 4.68. The summed E-state index contributed by atoms with van der Waals surface area (Å²) in [5.74, 6) is 0. The van der Waals surface area contributed by atoms with Crippen LogP contribution in [0.5, 0.6) is 0 Å². The minimum Gasteiger partial charge on any atom is -0.389 e. The molecule has 0 atom stereocenters. The minimum absolute atomic E-state index is 0.338. The minimum atomic E-state index is 0.338. The Bertz CT molecular complexity index is 820. The van der Waals surface area contributed by atoms with Gasteiger partial charge < -0.3 is 5.73 Å². The SMILES string of the molecule is Cc1cc(-n2ncc3ccccc32)c(C(N)=S)c(C)n1. The van der Waals surface area contributed by atoms with Crippen molar-refractivity contribution in [2.24, 2.45) is 5.73 Å². The molecule has 1 aromatic carbocycles. The fourth-order valence-corrected chi connectivity index (χ4v) is 2.70. The average Bonchev–Trinajstić information content (AvgIpc) is 2.80. The quantitative estimate of drug-likeness (QED) is 0.734. The van der Waals surface area contributed by atoms with Crippen molar-refractivity contribution in [1.29, 1.82) is 0 Å². The van der Waals surface area contributed by atoms with Crippen molar-refractivity contribution in [2.75, 3.05) is 0 Å². The molecule has 2 aromatic heterocycles. The summed E-state index contributed by atoms with van der Waals surface area (Å²) in [7, 11) is 0. The van der Waals surface area contributed by atoms with Crippen LogP contribution in [0.3, 0.4) is 0 Å². The normalized spacial score (nSPS) is 10.9. The van der Waals surface area contributed by atoms with Crippen molar-refractivity contribution in [2.45, 2.75) is 13.8 Å². The summed E-state index contributed by atoms with van der Waals surface area (Å²) >= 11 is 5.17. The third-order valence-corrected chi connectivity index (χ3v) is 3.46. The number of thiocarbonyl (C=S) groups is 1. The Kier molecular flexibility index (Phi) is 2.99. The molecule has 5 heteroatoms. The highest BCUT2D eigenvalue weighted by Gasteiger charge is 2.15. The van der Waals surface area contributed by atoms with Crippen molar-refractivity contribution in [3.05, 3.63) is 53.5 Å². The molecule has 0 aliphatic carbocycles. The Hall–Kier alpha value is -2.27. The highest BCUT2D eigenvalue weighted by atomic mass is 32.1. The molecular weight excluding hydrogens is 268 g/mol. The summed E-state index contributed by atoms with van der Waals surface area (Å²) in [5.41, 5.74) is 10.3. The van der Waals surface area contributed by atoms with Crippen LogP contribution in [0.25, 0.3) is 16.6 Å². The zero-order valence-corrected chi connectivity index (χ0v) is 12.1. The monoisotopic (exact) mass is 282 g/mol. The Morgan fingerprint density at radius 3 is 2.75 bits per heavy atom. The van der Waals surface area contributed by atoms with Crippen molar-refractivity contribution in [1.82, 2.24) is 14.8 Å². The van der Waals surface area contributed by atoms with E-state index < -0.39 is 0 Å². The molecule has 3 rings (SSSR count). The number of hydrogen-bond donors (Lipinski definition) is 1. The predicted octanol–water partition coefficient (Wildman–Crippen LogP) is 2.67. The Morgan fingerprint density at radius 1 is 1.25 bits per heavy atom. The fraction of sp³-hybridized carbons (Fsp3) is 0.133. The van der Waals surface area contributed by atoms with Gasteiger partial charge in [-0.15, -0.1) is 0 Å². The maximum atomic E-state index is 5.87. The molecule has 2 N–H and O–H groups in total. The Labute approximate surface area is 122 Å². The molecule has 0 aliphatic rings. The topological polar surface area (TPSA) is 56.7 Å². The smallest absolute Gasteiger partial charge is 0.108 e. The van der Waals surface area contributed by atoms with Crippen molar-refractivity contribution >= 4 is 28.1 Å². The van der Waals surface area contributed by atoms with Gasteiger partial charge in [-0.3, -0.25) is 4.98 Å². The first-order chi connectivity index (χ1) is 9.58. The summed E-state index contributed by atoms with van der Waals surface area (Å²) in [6, 6.07) is 9.99. The third kappa shape index (κ3) is 1.96. The van der Waals surface area contributed by atoms with Gasteiger partial charge in [-0.2, -0.15) is 5.10 Å². The molecule has 0 saturated carbocycles. The van der Waals surface area contributed by atoms with Gasteiger partial charge in [0.05, 0.1) is 23.0 Å². The standard InChI is InChI=1S/C15H14N4S/c1-9-7-13(14(15(16)20)10(2)18-9)19-12-6-4-3-5-11(12)8-17-19/h3-8H,1-2H3,(H2,16,20). The lowest BCUT2D eigenvalue weighted by molar-refractivity contribution is 0.896. The first-order valence-electron chi connectivity index (χ1n) is 6.29. The van der Waals surface area contributed by atoms with Crippen LogP contribution in [0.4, 0.5) is 0 Å². The van der Waals surface area contributed by atoms with Gasteiger partial charge in [0, 0.05) is 16.8 Å². The van der Waals surface area contributed by atoms with Gasteiger partial charge in [0.25, 0.3) is 0 Å². The van der Waals surface area contributed by atoms with Crippen molar-refractivity contribution in [3.63, 3.8) is 0 Å². The van der Waals surface area contributed by atoms with Crippen LogP contribution in [0.2, 0.25) is 0 Å². The van der Waals surface area contributed by atoms with Gasteiger partial charge in [0.2, 0.25) is 0 Å². The first kappa shape index (κ1) is 12.7. The molecule has 0 bridgehead atoms. The predicted molar refractivity (Wildman–Crippen MR) is 84.2 cm³/mol. The van der Waals surface area contributed by atoms with Crippen LogP contribution in [0.1, 0.15) is 17.0 Å². The molecular formula is C15H14N4S. The molecule has 0 unspecified atom stereocenters. The van der Waals surface area contributed by atoms with Gasteiger partial charge in [0.15, 0.2) is 0 Å². The molecule has 0 spiro atoms. The average molecular weight is 282 g/mol. The van der Waals surface area contributed by atoms with Crippen molar-refractivity contribution in [3.8, 4) is 5.69 Å².